The highest BCUT2D eigenvalue weighted by Gasteiger charge is 2.27. The summed E-state index contributed by atoms with van der Waals surface area (Å²) >= 11 is 6.00. The number of hydrogen-bond acceptors (Lipinski definition) is 4. The Morgan fingerprint density at radius 3 is 2.60 bits per heavy atom. The van der Waals surface area contributed by atoms with Crippen LogP contribution in [0, 0.1) is 0 Å². The summed E-state index contributed by atoms with van der Waals surface area (Å²) < 4.78 is 5.71. The van der Waals surface area contributed by atoms with Gasteiger partial charge in [-0.05, 0) is 37.0 Å². The Hall–Kier alpha value is -1.65. The number of rotatable bonds is 5. The van der Waals surface area contributed by atoms with Gasteiger partial charge >= 0.3 is 0 Å². The van der Waals surface area contributed by atoms with Gasteiger partial charge in [-0.25, -0.2) is 4.98 Å². The van der Waals surface area contributed by atoms with E-state index in [0.29, 0.717) is 29.1 Å². The first kappa shape index (κ1) is 13.3. The molecule has 1 saturated carbocycles. The van der Waals surface area contributed by atoms with Gasteiger partial charge < -0.3 is 9.84 Å². The van der Waals surface area contributed by atoms with Crippen LogP contribution in [0.15, 0.2) is 30.3 Å². The van der Waals surface area contributed by atoms with Crippen molar-refractivity contribution < 1.29 is 9.84 Å². The Kier molecular flexibility index (Phi) is 3.85. The van der Waals surface area contributed by atoms with E-state index in [4.69, 9.17) is 21.4 Å². The van der Waals surface area contributed by atoms with Gasteiger partial charge in [-0.3, -0.25) is 0 Å². The highest BCUT2D eigenvalue weighted by atomic mass is 35.5. The van der Waals surface area contributed by atoms with Crippen molar-refractivity contribution in [3.05, 3.63) is 46.9 Å². The number of nitrogens with zero attached hydrogens (tertiary/aromatic N) is 2. The number of halogens is 1. The highest BCUT2D eigenvalue weighted by Crippen LogP contribution is 2.39. The van der Waals surface area contributed by atoms with Crippen molar-refractivity contribution in [2.75, 3.05) is 6.61 Å². The molecule has 1 heterocycles. The first-order valence-electron chi connectivity index (χ1n) is 6.67. The van der Waals surface area contributed by atoms with Crippen molar-refractivity contribution in [3.63, 3.8) is 0 Å². The first-order valence-corrected chi connectivity index (χ1v) is 7.04. The van der Waals surface area contributed by atoms with Crippen molar-refractivity contribution in [1.82, 2.24) is 9.97 Å². The van der Waals surface area contributed by atoms with Crippen LogP contribution < -0.4 is 4.74 Å². The normalized spacial score (nSPS) is 14.3. The maximum absolute atomic E-state index is 8.88. The third-order valence-corrected chi connectivity index (χ3v) is 3.37. The van der Waals surface area contributed by atoms with Crippen molar-refractivity contribution in [2.24, 2.45) is 0 Å². The Labute approximate surface area is 122 Å². The molecule has 0 amide bonds. The first-order chi connectivity index (χ1) is 9.74. The predicted octanol–water partition coefficient (Wildman–Crippen LogP) is 3.33. The lowest BCUT2D eigenvalue weighted by Gasteiger charge is -2.07. The summed E-state index contributed by atoms with van der Waals surface area (Å²) in [6.45, 7) is 0.145. The minimum atomic E-state index is 0.145. The van der Waals surface area contributed by atoms with Crippen molar-refractivity contribution in [3.8, 4) is 11.6 Å². The molecule has 20 heavy (non-hydrogen) atoms. The molecule has 1 aliphatic carbocycles. The lowest BCUT2D eigenvalue weighted by Crippen LogP contribution is -1.96. The molecule has 0 bridgehead atoms. The fourth-order valence-electron chi connectivity index (χ4n) is 1.96. The number of ether oxygens (including phenoxy) is 1. The fraction of sp³-hybridized carbons (Fsp3) is 0.333. The molecule has 0 atom stereocenters. The van der Waals surface area contributed by atoms with Crippen LogP contribution in [0.1, 0.15) is 30.1 Å². The molecule has 104 valence electrons. The van der Waals surface area contributed by atoms with Crippen molar-refractivity contribution >= 4 is 11.6 Å². The number of aliphatic hydroxyl groups is 1. The van der Waals surface area contributed by atoms with E-state index >= 15 is 0 Å². The maximum atomic E-state index is 8.88. The number of benzene rings is 1. The van der Waals surface area contributed by atoms with Crippen molar-refractivity contribution in [2.45, 2.75) is 25.2 Å². The topological polar surface area (TPSA) is 55.2 Å². The van der Waals surface area contributed by atoms with Crippen LogP contribution in [0.5, 0.6) is 11.6 Å². The summed E-state index contributed by atoms with van der Waals surface area (Å²) in [7, 11) is 0. The Morgan fingerprint density at radius 1 is 1.20 bits per heavy atom. The summed E-state index contributed by atoms with van der Waals surface area (Å²) in [5.41, 5.74) is 1.07. The van der Waals surface area contributed by atoms with Gasteiger partial charge in [0.15, 0.2) is 0 Å². The second-order valence-corrected chi connectivity index (χ2v) is 5.27. The molecule has 0 spiro atoms. The van der Waals surface area contributed by atoms with Gasteiger partial charge in [-0.15, -0.1) is 0 Å². The van der Waals surface area contributed by atoms with E-state index in [1.165, 1.54) is 0 Å². The van der Waals surface area contributed by atoms with Gasteiger partial charge in [0.1, 0.15) is 16.7 Å². The molecule has 1 aromatic carbocycles. The van der Waals surface area contributed by atoms with Gasteiger partial charge in [-0.2, -0.15) is 4.98 Å². The molecule has 0 aliphatic heterocycles. The molecule has 0 unspecified atom stereocenters. The molecule has 0 radical (unpaired) electrons. The number of hydrogen-bond donors (Lipinski definition) is 1. The molecule has 5 heteroatoms. The molecule has 1 aromatic heterocycles. The minimum Gasteiger partial charge on any atom is -0.439 e. The molecule has 0 saturated heterocycles. The molecular formula is C15H15ClN2O2. The van der Waals surface area contributed by atoms with Crippen LogP contribution >= 0.6 is 11.6 Å². The Bertz CT molecular complexity index is 597. The maximum Gasteiger partial charge on any atom is 0.224 e. The summed E-state index contributed by atoms with van der Waals surface area (Å²) in [5, 5.41) is 9.29. The summed E-state index contributed by atoms with van der Waals surface area (Å²) in [6, 6.07) is 9.19. The smallest absolute Gasteiger partial charge is 0.224 e. The van der Waals surface area contributed by atoms with Crippen LogP contribution in [-0.2, 0) is 6.42 Å². The van der Waals surface area contributed by atoms with E-state index in [0.717, 1.165) is 24.2 Å². The minimum absolute atomic E-state index is 0.145. The molecule has 2 aromatic rings. The van der Waals surface area contributed by atoms with Gasteiger partial charge in [0.2, 0.25) is 5.88 Å². The second-order valence-electron chi connectivity index (χ2n) is 4.88. The summed E-state index contributed by atoms with van der Waals surface area (Å²) in [5.74, 6) is 2.37. The number of aliphatic hydroxyl groups excluding tert-OH is 1. The zero-order valence-electron chi connectivity index (χ0n) is 10.9. The largest absolute Gasteiger partial charge is 0.439 e. The van der Waals surface area contributed by atoms with E-state index in [1.807, 2.05) is 24.3 Å². The van der Waals surface area contributed by atoms with Gasteiger partial charge in [0.05, 0.1) is 0 Å². The van der Waals surface area contributed by atoms with Gasteiger partial charge in [0, 0.05) is 18.6 Å². The van der Waals surface area contributed by atoms with Gasteiger partial charge in [0.25, 0.3) is 0 Å². The van der Waals surface area contributed by atoms with E-state index < -0.39 is 0 Å². The third kappa shape index (κ3) is 3.26. The van der Waals surface area contributed by atoms with E-state index in [-0.39, 0.29) is 6.61 Å². The van der Waals surface area contributed by atoms with Crippen LogP contribution in [0.4, 0.5) is 0 Å². The van der Waals surface area contributed by atoms with Gasteiger partial charge in [-0.1, -0.05) is 23.7 Å². The number of aromatic nitrogens is 2. The zero-order chi connectivity index (χ0) is 13.9. The lowest BCUT2D eigenvalue weighted by molar-refractivity contribution is 0.299. The summed E-state index contributed by atoms with van der Waals surface area (Å²) in [4.78, 5) is 8.61. The molecule has 1 N–H and O–H groups in total. The molecule has 4 nitrogen and oxygen atoms in total. The van der Waals surface area contributed by atoms with Crippen LogP contribution in [-0.4, -0.2) is 21.7 Å². The average molecular weight is 291 g/mol. The average Bonchev–Trinajstić information content (AvgIpc) is 3.25. The SMILES string of the molecule is OCCc1ccc(Oc2cc(Cl)nc(C3CC3)n2)cc1. The van der Waals surface area contributed by atoms with E-state index in [2.05, 4.69) is 9.97 Å². The van der Waals surface area contributed by atoms with Crippen LogP contribution in [0.2, 0.25) is 5.15 Å². The zero-order valence-corrected chi connectivity index (χ0v) is 11.7. The van der Waals surface area contributed by atoms with Crippen molar-refractivity contribution in [1.29, 1.82) is 0 Å². The quantitative estimate of drug-likeness (QED) is 0.858. The van der Waals surface area contributed by atoms with E-state index in [1.54, 1.807) is 6.07 Å². The molecular weight excluding hydrogens is 276 g/mol. The molecule has 1 aliphatic rings. The van der Waals surface area contributed by atoms with Crippen LogP contribution in [0.25, 0.3) is 0 Å². The third-order valence-electron chi connectivity index (χ3n) is 3.18. The monoisotopic (exact) mass is 290 g/mol. The molecule has 1 fully saturated rings. The van der Waals surface area contributed by atoms with E-state index in [9.17, 15) is 0 Å². The van der Waals surface area contributed by atoms with Crippen LogP contribution in [0.3, 0.4) is 0 Å². The second kappa shape index (κ2) is 5.77. The Balaban J connectivity index is 1.76. The standard InChI is InChI=1S/C15H15ClN2O2/c16-13-9-14(18-15(17-13)11-3-4-11)20-12-5-1-10(2-6-12)7-8-19/h1-2,5-6,9,11,19H,3-4,7-8H2. The Morgan fingerprint density at radius 2 is 1.95 bits per heavy atom. The summed E-state index contributed by atoms with van der Waals surface area (Å²) in [6.07, 6.45) is 2.89. The fourth-order valence-corrected chi connectivity index (χ4v) is 2.14. The highest BCUT2D eigenvalue weighted by molar-refractivity contribution is 6.29. The lowest BCUT2D eigenvalue weighted by atomic mass is 10.1. The molecule has 3 rings (SSSR count). The predicted molar refractivity (Wildman–Crippen MR) is 76.3 cm³/mol.